The number of carbonyl (C=O) groups is 2. The minimum atomic E-state index is -0.261. The van der Waals surface area contributed by atoms with Crippen LogP contribution in [0.2, 0.25) is 0 Å². The molecule has 130 valence electrons. The molecule has 1 aromatic carbocycles. The van der Waals surface area contributed by atoms with Crippen molar-refractivity contribution in [1.82, 2.24) is 10.2 Å². The Morgan fingerprint density at radius 1 is 1.17 bits per heavy atom. The molecule has 0 bridgehead atoms. The maximum Gasteiger partial charge on any atom is 0.223 e. The summed E-state index contributed by atoms with van der Waals surface area (Å²) in [6.07, 6.45) is 5.81. The zero-order valence-electron chi connectivity index (χ0n) is 14.0. The van der Waals surface area contributed by atoms with Crippen molar-refractivity contribution in [2.24, 2.45) is 5.92 Å². The van der Waals surface area contributed by atoms with Crippen LogP contribution in [-0.4, -0.2) is 35.8 Å². The molecule has 3 rings (SSSR count). The molecular formula is C19H25FN2O2. The van der Waals surface area contributed by atoms with Gasteiger partial charge in [0.25, 0.3) is 0 Å². The van der Waals surface area contributed by atoms with Gasteiger partial charge in [-0.3, -0.25) is 9.59 Å². The van der Waals surface area contributed by atoms with Gasteiger partial charge in [-0.25, -0.2) is 4.39 Å². The smallest absolute Gasteiger partial charge is 0.223 e. The fraction of sp³-hybridized carbons (Fsp3) is 0.579. The van der Waals surface area contributed by atoms with Crippen LogP contribution in [0.5, 0.6) is 0 Å². The van der Waals surface area contributed by atoms with Gasteiger partial charge in [0.05, 0.1) is 0 Å². The first kappa shape index (κ1) is 16.9. The van der Waals surface area contributed by atoms with E-state index in [1.807, 2.05) is 11.0 Å². The Morgan fingerprint density at radius 2 is 1.92 bits per heavy atom. The highest BCUT2D eigenvalue weighted by molar-refractivity contribution is 5.80. The van der Waals surface area contributed by atoms with Crippen molar-refractivity contribution in [3.8, 4) is 0 Å². The van der Waals surface area contributed by atoms with Crippen molar-refractivity contribution < 1.29 is 14.0 Å². The first-order chi connectivity index (χ1) is 11.6. The quantitative estimate of drug-likeness (QED) is 0.901. The highest BCUT2D eigenvalue weighted by Crippen LogP contribution is 2.26. The van der Waals surface area contributed by atoms with Crippen LogP contribution in [-0.2, 0) is 16.0 Å². The molecule has 2 aliphatic rings. The molecule has 1 aliphatic carbocycles. The monoisotopic (exact) mass is 332 g/mol. The van der Waals surface area contributed by atoms with E-state index in [4.69, 9.17) is 0 Å². The first-order valence-corrected chi connectivity index (χ1v) is 8.94. The summed E-state index contributed by atoms with van der Waals surface area (Å²) in [5, 5.41) is 3.13. The molecule has 0 atom stereocenters. The van der Waals surface area contributed by atoms with E-state index in [9.17, 15) is 14.0 Å². The summed E-state index contributed by atoms with van der Waals surface area (Å²) in [6, 6.07) is 6.61. The molecule has 4 nitrogen and oxygen atoms in total. The van der Waals surface area contributed by atoms with Gasteiger partial charge in [-0.1, -0.05) is 18.6 Å². The molecule has 0 unspecified atom stereocenters. The molecular weight excluding hydrogens is 307 g/mol. The van der Waals surface area contributed by atoms with Crippen LogP contribution in [0.25, 0.3) is 0 Å². The number of likely N-dealkylation sites (tertiary alicyclic amines) is 1. The standard InChI is InChI=1S/C19H25FN2O2/c20-16-6-1-3-14(13-16)7-8-18(23)22-11-9-17(10-12-22)21-19(24)15-4-2-5-15/h1,3,6,13,15,17H,2,4-5,7-12H2,(H,21,24). The van der Waals surface area contributed by atoms with Gasteiger partial charge in [-0.05, 0) is 49.8 Å². The lowest BCUT2D eigenvalue weighted by Gasteiger charge is -2.34. The van der Waals surface area contributed by atoms with E-state index in [-0.39, 0.29) is 29.6 Å². The van der Waals surface area contributed by atoms with Crippen LogP contribution < -0.4 is 5.32 Å². The van der Waals surface area contributed by atoms with Crippen LogP contribution in [0.1, 0.15) is 44.1 Å². The molecule has 1 heterocycles. The van der Waals surface area contributed by atoms with Gasteiger partial charge in [0.1, 0.15) is 5.82 Å². The third-order valence-corrected chi connectivity index (χ3v) is 5.19. The maximum absolute atomic E-state index is 13.2. The topological polar surface area (TPSA) is 49.4 Å². The largest absolute Gasteiger partial charge is 0.353 e. The van der Waals surface area contributed by atoms with Crippen molar-refractivity contribution in [2.45, 2.75) is 51.0 Å². The molecule has 0 radical (unpaired) electrons. The second-order valence-electron chi connectivity index (χ2n) is 6.92. The number of piperidine rings is 1. The highest BCUT2D eigenvalue weighted by Gasteiger charge is 2.29. The minimum Gasteiger partial charge on any atom is -0.353 e. The van der Waals surface area contributed by atoms with E-state index >= 15 is 0 Å². The second kappa shape index (κ2) is 7.77. The summed E-state index contributed by atoms with van der Waals surface area (Å²) in [5.74, 6) is 0.263. The number of halogens is 1. The lowest BCUT2D eigenvalue weighted by molar-refractivity contribution is -0.132. The first-order valence-electron chi connectivity index (χ1n) is 8.94. The van der Waals surface area contributed by atoms with Crippen molar-refractivity contribution in [3.05, 3.63) is 35.6 Å². The molecule has 0 aromatic heterocycles. The van der Waals surface area contributed by atoms with Crippen molar-refractivity contribution in [2.75, 3.05) is 13.1 Å². The Bertz CT molecular complexity index is 593. The van der Waals surface area contributed by atoms with E-state index in [2.05, 4.69) is 5.32 Å². The molecule has 0 spiro atoms. The van der Waals surface area contributed by atoms with Gasteiger partial charge in [-0.15, -0.1) is 0 Å². The Labute approximate surface area is 142 Å². The number of nitrogens with zero attached hydrogens (tertiary/aromatic N) is 1. The number of hydrogen-bond acceptors (Lipinski definition) is 2. The predicted octanol–water partition coefficient (Wildman–Crippen LogP) is 2.67. The van der Waals surface area contributed by atoms with Crippen molar-refractivity contribution in [3.63, 3.8) is 0 Å². The normalized spacial score (nSPS) is 19.0. The third kappa shape index (κ3) is 4.34. The Morgan fingerprint density at radius 3 is 2.54 bits per heavy atom. The predicted molar refractivity (Wildman–Crippen MR) is 89.8 cm³/mol. The van der Waals surface area contributed by atoms with Crippen LogP contribution in [0.3, 0.4) is 0 Å². The van der Waals surface area contributed by atoms with Gasteiger partial charge >= 0.3 is 0 Å². The van der Waals surface area contributed by atoms with Gasteiger partial charge in [0.2, 0.25) is 11.8 Å². The van der Waals surface area contributed by atoms with Crippen molar-refractivity contribution >= 4 is 11.8 Å². The second-order valence-corrected chi connectivity index (χ2v) is 6.92. The molecule has 1 aromatic rings. The summed E-state index contributed by atoms with van der Waals surface area (Å²) in [4.78, 5) is 26.1. The van der Waals surface area contributed by atoms with E-state index < -0.39 is 0 Å². The van der Waals surface area contributed by atoms with Crippen LogP contribution >= 0.6 is 0 Å². The summed E-state index contributed by atoms with van der Waals surface area (Å²) < 4.78 is 13.2. The van der Waals surface area contributed by atoms with Gasteiger partial charge in [0, 0.05) is 31.5 Å². The summed E-state index contributed by atoms with van der Waals surface area (Å²) in [7, 11) is 0. The molecule has 1 N–H and O–H groups in total. The Kier molecular flexibility index (Phi) is 5.48. The SMILES string of the molecule is O=C(NC1CCN(C(=O)CCc2cccc(F)c2)CC1)C1CCC1. The van der Waals surface area contributed by atoms with E-state index in [0.717, 1.165) is 37.7 Å². The molecule has 1 saturated heterocycles. The molecule has 1 aliphatic heterocycles. The molecule has 2 fully saturated rings. The fourth-order valence-electron chi connectivity index (χ4n) is 3.36. The van der Waals surface area contributed by atoms with Gasteiger partial charge < -0.3 is 10.2 Å². The fourth-order valence-corrected chi connectivity index (χ4v) is 3.36. The lowest BCUT2D eigenvalue weighted by atomic mass is 9.84. The van der Waals surface area contributed by atoms with Gasteiger partial charge in [0.15, 0.2) is 0 Å². The van der Waals surface area contributed by atoms with Crippen LogP contribution in [0.4, 0.5) is 4.39 Å². The number of rotatable bonds is 5. The average molecular weight is 332 g/mol. The van der Waals surface area contributed by atoms with Crippen LogP contribution in [0.15, 0.2) is 24.3 Å². The minimum absolute atomic E-state index is 0.114. The summed E-state index contributed by atoms with van der Waals surface area (Å²) >= 11 is 0. The van der Waals surface area contributed by atoms with Crippen molar-refractivity contribution in [1.29, 1.82) is 0 Å². The average Bonchev–Trinajstić information content (AvgIpc) is 2.51. The number of aryl methyl sites for hydroxylation is 1. The maximum atomic E-state index is 13.2. The summed E-state index contributed by atoms with van der Waals surface area (Å²) in [6.45, 7) is 1.38. The number of benzene rings is 1. The van der Waals surface area contributed by atoms with E-state index in [1.165, 1.54) is 12.1 Å². The molecule has 2 amide bonds. The molecule has 5 heteroatoms. The zero-order valence-corrected chi connectivity index (χ0v) is 14.0. The molecule has 1 saturated carbocycles. The zero-order chi connectivity index (χ0) is 16.9. The van der Waals surface area contributed by atoms with E-state index in [1.54, 1.807) is 6.07 Å². The van der Waals surface area contributed by atoms with E-state index in [0.29, 0.717) is 25.9 Å². The Balaban J connectivity index is 1.39. The van der Waals surface area contributed by atoms with Crippen LogP contribution in [0, 0.1) is 11.7 Å². The van der Waals surface area contributed by atoms with Gasteiger partial charge in [-0.2, -0.15) is 0 Å². The number of amides is 2. The summed E-state index contributed by atoms with van der Waals surface area (Å²) in [5.41, 5.74) is 0.853. The number of hydrogen-bond donors (Lipinski definition) is 1. The number of nitrogens with one attached hydrogen (secondary N) is 1. The third-order valence-electron chi connectivity index (χ3n) is 5.19. The Hall–Kier alpha value is -1.91. The number of carbonyl (C=O) groups excluding carboxylic acids is 2. The molecule has 24 heavy (non-hydrogen) atoms. The highest BCUT2D eigenvalue weighted by atomic mass is 19.1. The lowest BCUT2D eigenvalue weighted by Crippen LogP contribution is -2.48.